The number of nitrogens with zero attached hydrogens (tertiary/aromatic N) is 1. The van der Waals surface area contributed by atoms with Crippen molar-refractivity contribution in [1.82, 2.24) is 0 Å². The van der Waals surface area contributed by atoms with Gasteiger partial charge in [0.15, 0.2) is 0 Å². The molecule has 25 heavy (non-hydrogen) atoms. The van der Waals surface area contributed by atoms with Crippen molar-refractivity contribution in [2.45, 2.75) is 51.8 Å². The average Bonchev–Trinajstić information content (AvgIpc) is 2.92. The Kier molecular flexibility index (Phi) is 4.07. The predicted molar refractivity (Wildman–Crippen MR) is 105 cm³/mol. The van der Waals surface area contributed by atoms with Crippen LogP contribution in [0.25, 0.3) is 6.08 Å². The van der Waals surface area contributed by atoms with Crippen LogP contribution in [0.3, 0.4) is 0 Å². The van der Waals surface area contributed by atoms with Crippen molar-refractivity contribution < 1.29 is 4.74 Å². The molecule has 0 saturated carbocycles. The van der Waals surface area contributed by atoms with Gasteiger partial charge in [-0.05, 0) is 48.6 Å². The maximum Gasteiger partial charge on any atom is 0.207 e. The van der Waals surface area contributed by atoms with E-state index in [2.05, 4.69) is 86.4 Å². The van der Waals surface area contributed by atoms with Crippen LogP contribution in [0.2, 0.25) is 0 Å². The number of ether oxygens (including phenoxy) is 1. The molecule has 2 aromatic carbocycles. The molecule has 2 heterocycles. The lowest BCUT2D eigenvalue weighted by Gasteiger charge is -2.45. The Balaban J connectivity index is 1.79. The molecule has 2 aromatic rings. The number of fused-ring (bicyclic) bond motifs is 2. The first kappa shape index (κ1) is 16.3. The highest BCUT2D eigenvalue weighted by Gasteiger charge is 2.48. The second-order valence-electron chi connectivity index (χ2n) is 7.69. The summed E-state index contributed by atoms with van der Waals surface area (Å²) in [6, 6.07) is 17.6. The Morgan fingerprint density at radius 3 is 2.64 bits per heavy atom. The zero-order valence-electron chi connectivity index (χ0n) is 15.4. The van der Waals surface area contributed by atoms with Gasteiger partial charge >= 0.3 is 0 Å². The predicted octanol–water partition coefficient (Wildman–Crippen LogP) is 5.68. The Bertz CT molecular complexity index is 794. The summed E-state index contributed by atoms with van der Waals surface area (Å²) in [4.78, 5) is 2.55. The van der Waals surface area contributed by atoms with Crippen LogP contribution < -0.4 is 9.64 Å². The van der Waals surface area contributed by atoms with Gasteiger partial charge in [0, 0.05) is 23.7 Å². The summed E-state index contributed by atoms with van der Waals surface area (Å²) >= 11 is 0. The van der Waals surface area contributed by atoms with E-state index in [1.807, 2.05) is 0 Å². The molecule has 2 aliphatic rings. The third kappa shape index (κ3) is 2.74. The van der Waals surface area contributed by atoms with E-state index in [4.69, 9.17) is 4.74 Å². The number of hydrogen-bond donors (Lipinski definition) is 0. The summed E-state index contributed by atoms with van der Waals surface area (Å²) in [6.07, 6.45) is 7.71. The summed E-state index contributed by atoms with van der Waals surface area (Å²) in [5.74, 6) is 1.65. The molecular weight excluding hydrogens is 306 g/mol. The van der Waals surface area contributed by atoms with Gasteiger partial charge < -0.3 is 9.64 Å². The molecule has 2 nitrogen and oxygen atoms in total. The lowest BCUT2D eigenvalue weighted by molar-refractivity contribution is 0.108. The van der Waals surface area contributed by atoms with E-state index < -0.39 is 5.72 Å². The first-order valence-electron chi connectivity index (χ1n) is 9.47. The van der Waals surface area contributed by atoms with Crippen LogP contribution in [0.1, 0.15) is 44.7 Å². The van der Waals surface area contributed by atoms with E-state index in [1.54, 1.807) is 0 Å². The second-order valence-corrected chi connectivity index (χ2v) is 7.69. The molecule has 0 fully saturated rings. The molecule has 2 heteroatoms. The van der Waals surface area contributed by atoms with E-state index in [0.29, 0.717) is 12.0 Å². The van der Waals surface area contributed by atoms with E-state index in [1.165, 1.54) is 23.2 Å². The number of hydrogen-bond acceptors (Lipinski definition) is 2. The monoisotopic (exact) mass is 333 g/mol. The molecule has 0 bridgehead atoms. The third-order valence-electron chi connectivity index (χ3n) is 5.41. The molecule has 0 saturated heterocycles. The van der Waals surface area contributed by atoms with E-state index >= 15 is 0 Å². The van der Waals surface area contributed by atoms with Gasteiger partial charge in [-0.15, -0.1) is 0 Å². The summed E-state index contributed by atoms with van der Waals surface area (Å²) < 4.78 is 6.68. The Hall–Kier alpha value is -2.22. The Labute approximate surface area is 151 Å². The van der Waals surface area contributed by atoms with Gasteiger partial charge in [-0.3, -0.25) is 0 Å². The summed E-state index contributed by atoms with van der Waals surface area (Å²) in [7, 11) is 0. The molecule has 0 N–H and O–H groups in total. The van der Waals surface area contributed by atoms with Crippen LogP contribution in [0.15, 0.2) is 54.6 Å². The Morgan fingerprint density at radius 2 is 1.84 bits per heavy atom. The van der Waals surface area contributed by atoms with Gasteiger partial charge in [-0.2, -0.15) is 0 Å². The normalized spacial score (nSPS) is 22.0. The number of anilines is 1. The number of benzene rings is 2. The Morgan fingerprint density at radius 1 is 1.08 bits per heavy atom. The van der Waals surface area contributed by atoms with Gasteiger partial charge in [0.2, 0.25) is 5.72 Å². The topological polar surface area (TPSA) is 12.5 Å². The second kappa shape index (κ2) is 6.25. The van der Waals surface area contributed by atoms with Crippen LogP contribution in [-0.2, 0) is 6.42 Å². The van der Waals surface area contributed by atoms with Crippen molar-refractivity contribution in [2.24, 2.45) is 5.92 Å². The third-order valence-corrected chi connectivity index (χ3v) is 5.41. The van der Waals surface area contributed by atoms with Crippen LogP contribution in [0, 0.1) is 5.92 Å². The largest absolute Gasteiger partial charge is 0.463 e. The smallest absolute Gasteiger partial charge is 0.207 e. The van der Waals surface area contributed by atoms with Crippen molar-refractivity contribution >= 4 is 11.8 Å². The fraction of sp³-hybridized carbons (Fsp3) is 0.391. The minimum Gasteiger partial charge on any atom is -0.463 e. The van der Waals surface area contributed by atoms with Gasteiger partial charge in [-0.25, -0.2) is 0 Å². The molecule has 4 rings (SSSR count). The SMILES string of the molecule is CCC(CC(C)C)N1c2ccccc2C[C@]12C=Cc1ccccc1O2. The van der Waals surface area contributed by atoms with Crippen molar-refractivity contribution in [3.63, 3.8) is 0 Å². The molecule has 0 aliphatic carbocycles. The fourth-order valence-electron chi connectivity index (χ4n) is 4.34. The highest BCUT2D eigenvalue weighted by atomic mass is 16.5. The molecular formula is C23H27NO. The van der Waals surface area contributed by atoms with Crippen LogP contribution >= 0.6 is 0 Å². The quantitative estimate of drug-likeness (QED) is 0.714. The zero-order chi connectivity index (χ0) is 17.4. The van der Waals surface area contributed by atoms with Crippen molar-refractivity contribution in [3.8, 4) is 5.75 Å². The number of para-hydroxylation sites is 2. The molecule has 130 valence electrons. The van der Waals surface area contributed by atoms with Crippen molar-refractivity contribution in [2.75, 3.05) is 4.90 Å². The van der Waals surface area contributed by atoms with Gasteiger partial charge in [0.1, 0.15) is 5.75 Å². The molecule has 1 spiro atoms. The van der Waals surface area contributed by atoms with Crippen molar-refractivity contribution in [1.29, 1.82) is 0 Å². The number of rotatable bonds is 4. The first-order valence-corrected chi connectivity index (χ1v) is 9.47. The van der Waals surface area contributed by atoms with Gasteiger partial charge in [0.05, 0.1) is 0 Å². The lowest BCUT2D eigenvalue weighted by atomic mass is 9.96. The molecule has 1 unspecified atom stereocenters. The molecule has 0 aromatic heterocycles. The standard InChI is InChI=1S/C23H27NO/c1-4-20(15-17(2)3)24-21-11-7-5-10-19(21)16-23(24)14-13-18-9-6-8-12-22(18)25-23/h5-14,17,20H,4,15-16H2,1-3H3/t20?,23-/m1/s1. The summed E-state index contributed by atoms with van der Waals surface area (Å²) in [6.45, 7) is 6.91. The minimum absolute atomic E-state index is 0.395. The molecule has 2 atom stereocenters. The fourth-order valence-corrected chi connectivity index (χ4v) is 4.34. The lowest BCUT2D eigenvalue weighted by Crippen LogP contribution is -2.55. The van der Waals surface area contributed by atoms with Crippen molar-refractivity contribution in [3.05, 3.63) is 65.7 Å². The molecule has 0 amide bonds. The van der Waals surface area contributed by atoms with Gasteiger partial charge in [0.25, 0.3) is 0 Å². The molecule has 0 radical (unpaired) electrons. The molecule has 2 aliphatic heterocycles. The minimum atomic E-state index is -0.395. The van der Waals surface area contributed by atoms with Gasteiger partial charge in [-0.1, -0.05) is 57.2 Å². The average molecular weight is 333 g/mol. The first-order chi connectivity index (χ1) is 12.1. The van der Waals surface area contributed by atoms with Crippen LogP contribution in [0.5, 0.6) is 5.75 Å². The maximum atomic E-state index is 6.68. The van der Waals surface area contributed by atoms with E-state index in [0.717, 1.165) is 18.6 Å². The maximum absolute atomic E-state index is 6.68. The van der Waals surface area contributed by atoms with Crippen LogP contribution in [-0.4, -0.2) is 11.8 Å². The zero-order valence-corrected chi connectivity index (χ0v) is 15.4. The van der Waals surface area contributed by atoms with E-state index in [9.17, 15) is 0 Å². The highest BCUT2D eigenvalue weighted by molar-refractivity contribution is 5.69. The summed E-state index contributed by atoms with van der Waals surface area (Å²) in [5.41, 5.74) is 3.49. The summed E-state index contributed by atoms with van der Waals surface area (Å²) in [5, 5.41) is 0. The van der Waals surface area contributed by atoms with Crippen LogP contribution in [0.4, 0.5) is 5.69 Å². The van der Waals surface area contributed by atoms with E-state index in [-0.39, 0.29) is 0 Å². The highest BCUT2D eigenvalue weighted by Crippen LogP contribution is 2.46.